The molecule has 1 aromatic rings. The van der Waals surface area contributed by atoms with E-state index in [1.807, 2.05) is 0 Å². The van der Waals surface area contributed by atoms with Gasteiger partial charge < -0.3 is 14.5 Å². The third kappa shape index (κ3) is 4.77. The lowest BCUT2D eigenvalue weighted by molar-refractivity contribution is -0.156. The van der Waals surface area contributed by atoms with Crippen LogP contribution in [0.15, 0.2) is 24.3 Å². The lowest BCUT2D eigenvalue weighted by Crippen LogP contribution is -2.59. The summed E-state index contributed by atoms with van der Waals surface area (Å²) in [5, 5.41) is 0. The van der Waals surface area contributed by atoms with Crippen LogP contribution in [0.1, 0.15) is 25.7 Å². The zero-order chi connectivity index (χ0) is 19.7. The maximum Gasteiger partial charge on any atom is 0.389 e. The molecule has 0 saturated carbocycles. The molecular weight excluding hydrogens is 368 g/mol. The lowest BCUT2D eigenvalue weighted by Gasteiger charge is -2.47. The van der Waals surface area contributed by atoms with Crippen LogP contribution in [0.25, 0.3) is 0 Å². The SMILES string of the molecule is O=C(CCC(F)(F)F)N1CCC2(CC1)CN(c1ccc(F)cc1)C(=O)CO2. The molecule has 1 spiro atoms. The summed E-state index contributed by atoms with van der Waals surface area (Å²) in [7, 11) is 0. The quantitative estimate of drug-likeness (QED) is 0.749. The third-order valence-corrected chi connectivity index (χ3v) is 5.04. The first-order valence-electron chi connectivity index (χ1n) is 8.72. The van der Waals surface area contributed by atoms with Crippen LogP contribution in [0, 0.1) is 5.82 Å². The highest BCUT2D eigenvalue weighted by Crippen LogP contribution is 2.33. The Morgan fingerprint density at radius 1 is 1.15 bits per heavy atom. The van der Waals surface area contributed by atoms with Gasteiger partial charge in [0.1, 0.15) is 12.4 Å². The number of hydrogen-bond donors (Lipinski definition) is 0. The molecule has 9 heteroatoms. The van der Waals surface area contributed by atoms with Crippen molar-refractivity contribution in [2.24, 2.45) is 0 Å². The zero-order valence-electron chi connectivity index (χ0n) is 14.6. The summed E-state index contributed by atoms with van der Waals surface area (Å²) in [6, 6.07) is 5.57. The zero-order valence-corrected chi connectivity index (χ0v) is 14.6. The van der Waals surface area contributed by atoms with E-state index in [1.54, 1.807) is 0 Å². The van der Waals surface area contributed by atoms with E-state index < -0.39 is 36.3 Å². The number of anilines is 1. The molecule has 2 aliphatic rings. The number of carbonyl (C=O) groups is 2. The van der Waals surface area contributed by atoms with E-state index in [4.69, 9.17) is 4.74 Å². The molecule has 3 rings (SSSR count). The first kappa shape index (κ1) is 19.6. The Kier molecular flexibility index (Phi) is 5.41. The van der Waals surface area contributed by atoms with Crippen molar-refractivity contribution >= 4 is 17.5 Å². The number of benzene rings is 1. The van der Waals surface area contributed by atoms with Crippen LogP contribution < -0.4 is 4.90 Å². The summed E-state index contributed by atoms with van der Waals surface area (Å²) < 4.78 is 55.7. The average molecular weight is 388 g/mol. The number of likely N-dealkylation sites (tertiary alicyclic amines) is 1. The van der Waals surface area contributed by atoms with E-state index in [0.717, 1.165) is 0 Å². The molecule has 1 aromatic carbocycles. The predicted molar refractivity (Wildman–Crippen MR) is 88.5 cm³/mol. The van der Waals surface area contributed by atoms with Crippen molar-refractivity contribution in [2.75, 3.05) is 31.1 Å². The van der Waals surface area contributed by atoms with Gasteiger partial charge in [0.15, 0.2) is 0 Å². The molecule has 0 aromatic heterocycles. The number of halogens is 4. The lowest BCUT2D eigenvalue weighted by atomic mass is 9.88. The summed E-state index contributed by atoms with van der Waals surface area (Å²) in [4.78, 5) is 27.1. The molecule has 5 nitrogen and oxygen atoms in total. The Morgan fingerprint density at radius 2 is 1.78 bits per heavy atom. The van der Waals surface area contributed by atoms with Crippen LogP contribution >= 0.6 is 0 Å². The molecule has 0 radical (unpaired) electrons. The molecule has 2 saturated heterocycles. The smallest absolute Gasteiger partial charge is 0.363 e. The highest BCUT2D eigenvalue weighted by atomic mass is 19.4. The van der Waals surface area contributed by atoms with Gasteiger partial charge in [0.2, 0.25) is 5.91 Å². The van der Waals surface area contributed by atoms with Crippen molar-refractivity contribution in [1.82, 2.24) is 4.90 Å². The average Bonchev–Trinajstić information content (AvgIpc) is 2.63. The van der Waals surface area contributed by atoms with Crippen LogP contribution in [0.3, 0.4) is 0 Å². The van der Waals surface area contributed by atoms with Gasteiger partial charge in [0.05, 0.1) is 18.6 Å². The molecule has 0 N–H and O–H groups in total. The van der Waals surface area contributed by atoms with Crippen molar-refractivity contribution in [3.05, 3.63) is 30.1 Å². The van der Waals surface area contributed by atoms with Crippen LogP contribution in [0.2, 0.25) is 0 Å². The van der Waals surface area contributed by atoms with Gasteiger partial charge in [0, 0.05) is 25.2 Å². The van der Waals surface area contributed by atoms with Gasteiger partial charge in [0.25, 0.3) is 5.91 Å². The highest BCUT2D eigenvalue weighted by molar-refractivity contribution is 5.95. The maximum absolute atomic E-state index is 13.1. The molecule has 0 aliphatic carbocycles. The van der Waals surface area contributed by atoms with Crippen molar-refractivity contribution in [3.8, 4) is 0 Å². The minimum absolute atomic E-state index is 0.126. The Labute approximate surface area is 153 Å². The van der Waals surface area contributed by atoms with Crippen molar-refractivity contribution in [3.63, 3.8) is 0 Å². The number of piperidine rings is 1. The molecular formula is C18H20F4N2O3. The molecule has 2 amide bonds. The van der Waals surface area contributed by atoms with Gasteiger partial charge >= 0.3 is 6.18 Å². The summed E-state index contributed by atoms with van der Waals surface area (Å²) in [5.41, 5.74) is -0.0870. The standard InChI is InChI=1S/C18H20F4N2O3/c19-13-1-3-14(4-2-13)24-12-17(27-11-16(24)26)7-9-23(10-8-17)15(25)5-6-18(20,21)22/h1-4H,5-12H2. The Hall–Kier alpha value is -2.16. The number of ether oxygens (including phenoxy) is 1. The number of carbonyl (C=O) groups excluding carboxylic acids is 2. The van der Waals surface area contributed by atoms with Gasteiger partial charge in [-0.15, -0.1) is 0 Å². The second kappa shape index (κ2) is 7.46. The highest BCUT2D eigenvalue weighted by Gasteiger charge is 2.43. The van der Waals surface area contributed by atoms with Crippen molar-refractivity contribution in [1.29, 1.82) is 0 Å². The summed E-state index contributed by atoms with van der Waals surface area (Å²) in [6.45, 7) is 0.700. The van der Waals surface area contributed by atoms with E-state index in [9.17, 15) is 27.2 Å². The largest absolute Gasteiger partial charge is 0.389 e. The van der Waals surface area contributed by atoms with Gasteiger partial charge in [-0.3, -0.25) is 9.59 Å². The number of morpholine rings is 1. The molecule has 0 unspecified atom stereocenters. The summed E-state index contributed by atoms with van der Waals surface area (Å²) in [5.74, 6) is -1.17. The molecule has 148 valence electrons. The molecule has 27 heavy (non-hydrogen) atoms. The van der Waals surface area contributed by atoms with Gasteiger partial charge in [-0.25, -0.2) is 4.39 Å². The number of alkyl halides is 3. The molecule has 2 heterocycles. The van der Waals surface area contributed by atoms with E-state index in [2.05, 4.69) is 0 Å². The fourth-order valence-electron chi connectivity index (χ4n) is 3.44. The topological polar surface area (TPSA) is 49.9 Å². The van der Waals surface area contributed by atoms with Gasteiger partial charge in [-0.05, 0) is 37.1 Å². The maximum atomic E-state index is 13.1. The fourth-order valence-corrected chi connectivity index (χ4v) is 3.44. The molecule has 2 aliphatic heterocycles. The van der Waals surface area contributed by atoms with E-state index in [-0.39, 0.29) is 32.1 Å². The number of amides is 2. The monoisotopic (exact) mass is 388 g/mol. The van der Waals surface area contributed by atoms with Crippen molar-refractivity contribution < 1.29 is 31.9 Å². The predicted octanol–water partition coefficient (Wildman–Crippen LogP) is 2.89. The number of hydrogen-bond acceptors (Lipinski definition) is 3. The first-order valence-corrected chi connectivity index (χ1v) is 8.72. The van der Waals surface area contributed by atoms with Gasteiger partial charge in [-0.1, -0.05) is 0 Å². The first-order chi connectivity index (χ1) is 12.7. The minimum Gasteiger partial charge on any atom is -0.363 e. The Morgan fingerprint density at radius 3 is 2.37 bits per heavy atom. The van der Waals surface area contributed by atoms with Crippen molar-refractivity contribution in [2.45, 2.75) is 37.5 Å². The second-order valence-corrected chi connectivity index (χ2v) is 6.92. The molecule has 0 bridgehead atoms. The Bertz CT molecular complexity index is 698. The van der Waals surface area contributed by atoms with Crippen LogP contribution in [-0.2, 0) is 14.3 Å². The fraction of sp³-hybridized carbons (Fsp3) is 0.556. The minimum atomic E-state index is -4.35. The van der Waals surface area contributed by atoms with Crippen LogP contribution in [-0.4, -0.2) is 54.7 Å². The molecule has 0 atom stereocenters. The van der Waals surface area contributed by atoms with Crippen LogP contribution in [0.5, 0.6) is 0 Å². The number of rotatable bonds is 3. The van der Waals surface area contributed by atoms with Gasteiger partial charge in [-0.2, -0.15) is 13.2 Å². The third-order valence-electron chi connectivity index (χ3n) is 5.04. The van der Waals surface area contributed by atoms with E-state index in [1.165, 1.54) is 34.1 Å². The van der Waals surface area contributed by atoms with E-state index >= 15 is 0 Å². The summed E-state index contributed by atoms with van der Waals surface area (Å²) in [6.07, 6.45) is -5.19. The Balaban J connectivity index is 1.60. The summed E-state index contributed by atoms with van der Waals surface area (Å²) >= 11 is 0. The second-order valence-electron chi connectivity index (χ2n) is 6.92. The normalized spacial score (nSPS) is 20.2. The van der Waals surface area contributed by atoms with E-state index in [0.29, 0.717) is 18.5 Å². The van der Waals surface area contributed by atoms with Crippen LogP contribution in [0.4, 0.5) is 23.2 Å². The number of nitrogens with zero attached hydrogens (tertiary/aromatic N) is 2. The molecule has 2 fully saturated rings.